The molecule has 0 amide bonds. The minimum atomic E-state index is 1.09. The molecule has 2 heteroatoms. The number of anilines is 3. The SMILES string of the molecule is c1ccc(-c2ccccc2-c2c(-c3ccccc3)cccc2N(c2ccc(-c3ccc4c(c3)sc3ccccc34)cc2)c2ccc(-c3cccc4ccccc34)cc2)cc1. The fourth-order valence-electron chi connectivity index (χ4n) is 8.84. The molecule has 282 valence electrons. The van der Waals surface area contributed by atoms with Crippen molar-refractivity contribution in [1.82, 2.24) is 0 Å². The molecule has 11 rings (SSSR count). The van der Waals surface area contributed by atoms with E-state index in [-0.39, 0.29) is 0 Å². The Morgan fingerprint density at radius 3 is 1.53 bits per heavy atom. The van der Waals surface area contributed by atoms with Crippen LogP contribution in [0.5, 0.6) is 0 Å². The third-order valence-electron chi connectivity index (χ3n) is 11.7. The number of benzene rings is 10. The van der Waals surface area contributed by atoms with E-state index in [9.17, 15) is 0 Å². The minimum Gasteiger partial charge on any atom is -0.310 e. The van der Waals surface area contributed by atoms with Gasteiger partial charge in [0.15, 0.2) is 0 Å². The van der Waals surface area contributed by atoms with Gasteiger partial charge in [-0.1, -0.05) is 194 Å². The van der Waals surface area contributed by atoms with Gasteiger partial charge in [0.2, 0.25) is 0 Å². The molecule has 0 saturated heterocycles. The van der Waals surface area contributed by atoms with E-state index in [1.165, 1.54) is 86.6 Å². The fraction of sp³-hybridized carbons (Fsp3) is 0. The molecule has 0 radical (unpaired) electrons. The number of nitrogens with zero attached hydrogens (tertiary/aromatic N) is 1. The van der Waals surface area contributed by atoms with Gasteiger partial charge >= 0.3 is 0 Å². The topological polar surface area (TPSA) is 3.24 Å². The predicted molar refractivity (Wildman–Crippen MR) is 259 cm³/mol. The van der Waals surface area contributed by atoms with Crippen LogP contribution >= 0.6 is 11.3 Å². The summed E-state index contributed by atoms with van der Waals surface area (Å²) < 4.78 is 2.63. The monoisotopic (exact) mass is 781 g/mol. The van der Waals surface area contributed by atoms with Gasteiger partial charge in [-0.15, -0.1) is 11.3 Å². The zero-order valence-electron chi connectivity index (χ0n) is 32.9. The summed E-state index contributed by atoms with van der Waals surface area (Å²) in [4.78, 5) is 2.44. The van der Waals surface area contributed by atoms with Crippen LogP contribution in [0, 0.1) is 0 Å². The lowest BCUT2D eigenvalue weighted by molar-refractivity contribution is 1.28. The summed E-state index contributed by atoms with van der Waals surface area (Å²) in [5.41, 5.74) is 15.2. The Balaban J connectivity index is 1.10. The first-order chi connectivity index (χ1) is 29.8. The Morgan fingerprint density at radius 1 is 0.283 bits per heavy atom. The van der Waals surface area contributed by atoms with Crippen molar-refractivity contribution in [1.29, 1.82) is 0 Å². The summed E-state index contributed by atoms with van der Waals surface area (Å²) in [5.74, 6) is 0. The molecular formula is C58H39NS. The van der Waals surface area contributed by atoms with Crippen molar-refractivity contribution in [3.8, 4) is 55.6 Å². The number of thiophene rings is 1. The number of rotatable bonds is 8. The van der Waals surface area contributed by atoms with E-state index >= 15 is 0 Å². The Bertz CT molecular complexity index is 3290. The zero-order valence-corrected chi connectivity index (χ0v) is 33.7. The smallest absolute Gasteiger partial charge is 0.0546 e. The highest BCUT2D eigenvalue weighted by atomic mass is 32.1. The van der Waals surface area contributed by atoms with Crippen LogP contribution < -0.4 is 4.90 Å². The Labute approximate surface area is 354 Å². The van der Waals surface area contributed by atoms with Crippen LogP contribution in [0.15, 0.2) is 237 Å². The zero-order chi connectivity index (χ0) is 39.8. The standard InChI is InChI=1S/C58H39NS/c1-3-15-41(16-4-1)50-22-9-10-24-54(50)58-51(43-17-5-2-6-18-43)26-14-27-55(58)59(47-36-31-44(32-37-47)49-25-13-20-42-19-7-8-21-48(42)49)46-34-29-40(30-35-46)45-33-38-53-52-23-11-12-28-56(52)60-57(53)39-45/h1-39H. The van der Waals surface area contributed by atoms with E-state index < -0.39 is 0 Å². The van der Waals surface area contributed by atoms with Crippen molar-refractivity contribution < 1.29 is 0 Å². The summed E-state index contributed by atoms with van der Waals surface area (Å²) in [6, 6.07) is 86.2. The number of fused-ring (bicyclic) bond motifs is 4. The van der Waals surface area contributed by atoms with Crippen molar-refractivity contribution in [2.45, 2.75) is 0 Å². The van der Waals surface area contributed by atoms with Gasteiger partial charge in [0.25, 0.3) is 0 Å². The molecule has 0 spiro atoms. The van der Waals surface area contributed by atoms with Crippen LogP contribution in [0.3, 0.4) is 0 Å². The molecule has 1 nitrogen and oxygen atoms in total. The second-order valence-electron chi connectivity index (χ2n) is 15.2. The van der Waals surface area contributed by atoms with E-state index in [4.69, 9.17) is 0 Å². The van der Waals surface area contributed by atoms with Crippen LogP contribution in [-0.4, -0.2) is 0 Å². The average molecular weight is 782 g/mol. The first-order valence-electron chi connectivity index (χ1n) is 20.5. The third kappa shape index (κ3) is 6.44. The van der Waals surface area contributed by atoms with Gasteiger partial charge in [0, 0.05) is 37.1 Å². The lowest BCUT2D eigenvalue weighted by Crippen LogP contribution is -2.12. The Kier molecular flexibility index (Phi) is 9.11. The van der Waals surface area contributed by atoms with Crippen molar-refractivity contribution in [2.75, 3.05) is 4.90 Å². The lowest BCUT2D eigenvalue weighted by Gasteiger charge is -2.30. The highest BCUT2D eigenvalue weighted by Crippen LogP contribution is 2.48. The molecule has 10 aromatic carbocycles. The first kappa shape index (κ1) is 35.6. The van der Waals surface area contributed by atoms with Crippen molar-refractivity contribution in [3.05, 3.63) is 237 Å². The van der Waals surface area contributed by atoms with Gasteiger partial charge in [-0.25, -0.2) is 0 Å². The molecule has 0 saturated carbocycles. The van der Waals surface area contributed by atoms with Crippen LogP contribution in [0.1, 0.15) is 0 Å². The van der Waals surface area contributed by atoms with Crippen molar-refractivity contribution in [3.63, 3.8) is 0 Å². The van der Waals surface area contributed by atoms with Gasteiger partial charge in [-0.3, -0.25) is 0 Å². The van der Waals surface area contributed by atoms with E-state index in [2.05, 4.69) is 241 Å². The van der Waals surface area contributed by atoms with Crippen molar-refractivity contribution >= 4 is 59.3 Å². The van der Waals surface area contributed by atoms with E-state index in [0.717, 1.165) is 17.1 Å². The van der Waals surface area contributed by atoms with Crippen LogP contribution in [0.25, 0.3) is 86.6 Å². The number of hydrogen-bond donors (Lipinski definition) is 0. The maximum Gasteiger partial charge on any atom is 0.0546 e. The van der Waals surface area contributed by atoms with Gasteiger partial charge in [-0.2, -0.15) is 0 Å². The fourth-order valence-corrected chi connectivity index (χ4v) is 9.99. The molecule has 1 heterocycles. The minimum absolute atomic E-state index is 1.09. The second kappa shape index (κ2) is 15.3. The Morgan fingerprint density at radius 2 is 0.783 bits per heavy atom. The molecule has 11 aromatic rings. The van der Waals surface area contributed by atoms with Crippen LogP contribution in [-0.2, 0) is 0 Å². The Hall–Kier alpha value is -7.52. The lowest BCUT2D eigenvalue weighted by atomic mass is 9.87. The predicted octanol–water partition coefficient (Wildman–Crippen LogP) is 17.0. The summed E-state index contributed by atoms with van der Waals surface area (Å²) in [6.45, 7) is 0. The maximum atomic E-state index is 2.44. The molecule has 1 aromatic heterocycles. The molecule has 0 bridgehead atoms. The quantitative estimate of drug-likeness (QED) is 0.148. The molecule has 0 aliphatic rings. The molecule has 0 atom stereocenters. The number of hydrogen-bond acceptors (Lipinski definition) is 2. The van der Waals surface area contributed by atoms with Gasteiger partial charge in [0.05, 0.1) is 5.69 Å². The van der Waals surface area contributed by atoms with Crippen LogP contribution in [0.4, 0.5) is 17.1 Å². The average Bonchev–Trinajstić information content (AvgIpc) is 3.70. The molecule has 0 fully saturated rings. The molecule has 0 N–H and O–H groups in total. The second-order valence-corrected chi connectivity index (χ2v) is 16.3. The third-order valence-corrected chi connectivity index (χ3v) is 12.8. The summed E-state index contributed by atoms with van der Waals surface area (Å²) in [7, 11) is 0. The van der Waals surface area contributed by atoms with Gasteiger partial charge in [-0.05, 0) is 103 Å². The highest BCUT2D eigenvalue weighted by Gasteiger charge is 2.23. The van der Waals surface area contributed by atoms with Crippen molar-refractivity contribution in [2.24, 2.45) is 0 Å². The molecule has 60 heavy (non-hydrogen) atoms. The summed E-state index contributed by atoms with van der Waals surface area (Å²) in [6.07, 6.45) is 0. The van der Waals surface area contributed by atoms with Gasteiger partial charge < -0.3 is 4.90 Å². The largest absolute Gasteiger partial charge is 0.310 e. The van der Waals surface area contributed by atoms with E-state index in [0.29, 0.717) is 0 Å². The van der Waals surface area contributed by atoms with E-state index in [1.54, 1.807) is 0 Å². The molecule has 0 unspecified atom stereocenters. The molecule has 0 aliphatic carbocycles. The van der Waals surface area contributed by atoms with E-state index in [1.807, 2.05) is 11.3 Å². The summed E-state index contributed by atoms with van der Waals surface area (Å²) in [5, 5.41) is 5.13. The van der Waals surface area contributed by atoms with Crippen LogP contribution in [0.2, 0.25) is 0 Å². The van der Waals surface area contributed by atoms with Gasteiger partial charge in [0.1, 0.15) is 0 Å². The maximum absolute atomic E-state index is 2.44. The normalized spacial score (nSPS) is 11.3. The first-order valence-corrected chi connectivity index (χ1v) is 21.3. The summed E-state index contributed by atoms with van der Waals surface area (Å²) >= 11 is 1.86. The molecule has 0 aliphatic heterocycles. The highest BCUT2D eigenvalue weighted by molar-refractivity contribution is 7.25. The molecular weight excluding hydrogens is 743 g/mol.